The van der Waals surface area contributed by atoms with Gasteiger partial charge in [-0.25, -0.2) is 0 Å². The van der Waals surface area contributed by atoms with E-state index in [1.54, 1.807) is 16.7 Å². The van der Waals surface area contributed by atoms with E-state index in [4.69, 9.17) is 0 Å². The molecule has 0 bridgehead atoms. The normalized spacial score (nSPS) is 22.1. The third-order valence-electron chi connectivity index (χ3n) is 3.23. The second-order valence-electron chi connectivity index (χ2n) is 4.51. The van der Waals surface area contributed by atoms with Crippen molar-refractivity contribution in [3.8, 4) is 0 Å². The van der Waals surface area contributed by atoms with Crippen LogP contribution in [0, 0.1) is 0 Å². The van der Waals surface area contributed by atoms with Gasteiger partial charge in [-0.3, -0.25) is 14.5 Å². The van der Waals surface area contributed by atoms with Gasteiger partial charge in [-0.1, -0.05) is 18.2 Å². The number of nitrogens with zero attached hydrogens (tertiary/aromatic N) is 1. The number of rotatable bonds is 0. The van der Waals surface area contributed by atoms with Crippen molar-refractivity contribution < 1.29 is 9.59 Å². The van der Waals surface area contributed by atoms with Crippen molar-refractivity contribution in [2.75, 3.05) is 18.8 Å². The molecule has 0 aliphatic carbocycles. The lowest BCUT2D eigenvalue weighted by Crippen LogP contribution is -2.37. The molecule has 2 aliphatic heterocycles. The van der Waals surface area contributed by atoms with E-state index in [0.717, 1.165) is 23.4 Å². The van der Waals surface area contributed by atoms with Gasteiger partial charge in [0.15, 0.2) is 0 Å². The molecule has 1 aromatic rings. The highest BCUT2D eigenvalue weighted by Crippen LogP contribution is 2.34. The second kappa shape index (κ2) is 5.09. The summed E-state index contributed by atoms with van der Waals surface area (Å²) in [5.74, 6) is 0.755. The number of benzene rings is 1. The molecule has 3 rings (SSSR count). The Hall–Kier alpha value is -1.75. The van der Waals surface area contributed by atoms with Gasteiger partial charge < -0.3 is 5.32 Å². The Morgan fingerprint density at radius 1 is 1.16 bits per heavy atom. The van der Waals surface area contributed by atoms with Crippen LogP contribution in [0.3, 0.4) is 0 Å². The van der Waals surface area contributed by atoms with Crippen molar-refractivity contribution >= 4 is 29.3 Å². The molecule has 0 fully saturated rings. The molecule has 2 heterocycles. The quantitative estimate of drug-likeness (QED) is 0.783. The highest BCUT2D eigenvalue weighted by Gasteiger charge is 2.33. The van der Waals surface area contributed by atoms with Crippen molar-refractivity contribution in [3.05, 3.63) is 40.8 Å². The van der Waals surface area contributed by atoms with E-state index >= 15 is 0 Å². The fraction of sp³-hybridized carbons (Fsp3) is 0.286. The first-order valence-electron chi connectivity index (χ1n) is 6.27. The van der Waals surface area contributed by atoms with Crippen LogP contribution < -0.4 is 5.32 Å². The Morgan fingerprint density at radius 3 is 2.79 bits per heavy atom. The zero-order valence-corrected chi connectivity index (χ0v) is 11.2. The van der Waals surface area contributed by atoms with Crippen LogP contribution in [0.4, 0.5) is 0 Å². The lowest BCUT2D eigenvalue weighted by Gasteiger charge is -2.19. The highest BCUT2D eigenvalue weighted by atomic mass is 32.2. The summed E-state index contributed by atoms with van der Waals surface area (Å²) in [5.41, 5.74) is 2.46. The number of amides is 2. The average Bonchev–Trinajstić information content (AvgIpc) is 2.69. The zero-order chi connectivity index (χ0) is 13.2. The van der Waals surface area contributed by atoms with Crippen LogP contribution in [-0.4, -0.2) is 35.6 Å². The van der Waals surface area contributed by atoms with Crippen LogP contribution in [0.1, 0.15) is 22.3 Å². The first kappa shape index (κ1) is 12.3. The van der Waals surface area contributed by atoms with E-state index in [-0.39, 0.29) is 18.4 Å². The smallest absolute Gasteiger partial charge is 0.259 e. The summed E-state index contributed by atoms with van der Waals surface area (Å²) < 4.78 is 0. The maximum absolute atomic E-state index is 12.3. The van der Waals surface area contributed by atoms with E-state index in [1.807, 2.05) is 29.7 Å². The van der Waals surface area contributed by atoms with Crippen LogP contribution in [0.2, 0.25) is 0 Å². The van der Waals surface area contributed by atoms with Crippen molar-refractivity contribution in [2.45, 2.75) is 6.42 Å². The van der Waals surface area contributed by atoms with Gasteiger partial charge in [0.1, 0.15) is 6.54 Å². The minimum absolute atomic E-state index is 0.0850. The summed E-state index contributed by atoms with van der Waals surface area (Å²) in [6, 6.07) is 7.51. The third kappa shape index (κ3) is 2.26. The maximum atomic E-state index is 12.3. The standard InChI is InChI=1S/C14H14N2O2S/c17-13-8-16-12(9-19-7-3-6-15-13)10-4-1-2-5-11(10)14(16)18/h1-2,4-5,9H,3,6-8H2,(H,15,17)/b12-9+. The maximum Gasteiger partial charge on any atom is 0.259 e. The predicted octanol–water partition coefficient (Wildman–Crippen LogP) is 1.69. The van der Waals surface area contributed by atoms with Crippen molar-refractivity contribution in [2.24, 2.45) is 0 Å². The number of carbonyl (C=O) groups excluding carboxylic acids is 2. The van der Waals surface area contributed by atoms with Crippen molar-refractivity contribution in [1.82, 2.24) is 10.2 Å². The molecular formula is C14H14N2O2S. The number of nitrogens with one attached hydrogen (secondary N) is 1. The van der Waals surface area contributed by atoms with Gasteiger partial charge in [0.25, 0.3) is 5.91 Å². The molecule has 5 heteroatoms. The lowest BCUT2D eigenvalue weighted by atomic mass is 10.1. The van der Waals surface area contributed by atoms with E-state index in [1.165, 1.54) is 0 Å². The van der Waals surface area contributed by atoms with Crippen LogP contribution in [0.15, 0.2) is 29.7 Å². The molecule has 0 spiro atoms. The summed E-state index contributed by atoms with van der Waals surface area (Å²) in [7, 11) is 0. The third-order valence-corrected chi connectivity index (χ3v) is 4.14. The molecule has 19 heavy (non-hydrogen) atoms. The molecule has 0 radical (unpaired) electrons. The SMILES string of the molecule is O=C1CN2C(=O)c3ccccc3/C2=C\SCCCN1. The van der Waals surface area contributed by atoms with Gasteiger partial charge in [0.05, 0.1) is 5.70 Å². The molecule has 2 aliphatic rings. The minimum atomic E-state index is -0.0982. The zero-order valence-electron chi connectivity index (χ0n) is 10.4. The monoisotopic (exact) mass is 274 g/mol. The fourth-order valence-electron chi connectivity index (χ4n) is 2.30. The Labute approximate surface area is 115 Å². The van der Waals surface area contributed by atoms with Gasteiger partial charge in [-0.15, -0.1) is 11.8 Å². The van der Waals surface area contributed by atoms with Crippen molar-refractivity contribution in [1.29, 1.82) is 0 Å². The minimum Gasteiger partial charge on any atom is -0.355 e. The highest BCUT2D eigenvalue weighted by molar-refractivity contribution is 8.02. The van der Waals surface area contributed by atoms with E-state index < -0.39 is 0 Å². The van der Waals surface area contributed by atoms with Gasteiger partial charge >= 0.3 is 0 Å². The van der Waals surface area contributed by atoms with Crippen LogP contribution in [0.5, 0.6) is 0 Å². The summed E-state index contributed by atoms with van der Waals surface area (Å²) in [6.45, 7) is 0.768. The first-order valence-corrected chi connectivity index (χ1v) is 7.32. The molecular weight excluding hydrogens is 260 g/mol. The number of hydrogen-bond donors (Lipinski definition) is 1. The lowest BCUT2D eigenvalue weighted by molar-refractivity contribution is -0.121. The number of carbonyl (C=O) groups is 2. The molecule has 0 aromatic heterocycles. The van der Waals surface area contributed by atoms with Gasteiger partial charge in [-0.2, -0.15) is 0 Å². The van der Waals surface area contributed by atoms with Gasteiger partial charge in [-0.05, 0) is 23.6 Å². The largest absolute Gasteiger partial charge is 0.355 e. The van der Waals surface area contributed by atoms with E-state index in [0.29, 0.717) is 12.1 Å². The second-order valence-corrected chi connectivity index (χ2v) is 5.49. The molecule has 1 aromatic carbocycles. The Balaban J connectivity index is 2.02. The van der Waals surface area contributed by atoms with Crippen LogP contribution in [0.25, 0.3) is 5.70 Å². The Bertz CT molecular complexity index is 568. The predicted molar refractivity (Wildman–Crippen MR) is 75.5 cm³/mol. The molecule has 4 nitrogen and oxygen atoms in total. The molecule has 2 amide bonds. The average molecular weight is 274 g/mol. The van der Waals surface area contributed by atoms with Crippen LogP contribution in [-0.2, 0) is 4.79 Å². The van der Waals surface area contributed by atoms with E-state index in [2.05, 4.69) is 5.32 Å². The molecule has 0 unspecified atom stereocenters. The van der Waals surface area contributed by atoms with Gasteiger partial charge in [0, 0.05) is 17.7 Å². The molecule has 0 atom stereocenters. The van der Waals surface area contributed by atoms with Gasteiger partial charge in [0.2, 0.25) is 5.91 Å². The summed E-state index contributed by atoms with van der Waals surface area (Å²) >= 11 is 1.69. The summed E-state index contributed by atoms with van der Waals surface area (Å²) in [4.78, 5) is 25.7. The number of fused-ring (bicyclic) bond motifs is 3. The van der Waals surface area contributed by atoms with Crippen molar-refractivity contribution in [3.63, 3.8) is 0 Å². The Kier molecular flexibility index (Phi) is 3.29. The van der Waals surface area contributed by atoms with E-state index in [9.17, 15) is 9.59 Å². The number of thioether (sulfide) groups is 1. The molecule has 0 saturated carbocycles. The van der Waals surface area contributed by atoms with Crippen LogP contribution >= 0.6 is 11.8 Å². The first-order chi connectivity index (χ1) is 9.27. The fourth-order valence-corrected chi connectivity index (χ4v) is 3.14. The topological polar surface area (TPSA) is 49.4 Å². The molecule has 98 valence electrons. The molecule has 0 saturated heterocycles. The molecule has 1 N–H and O–H groups in total. The summed E-state index contributed by atoms with van der Waals surface area (Å²) in [6.07, 6.45) is 0.940. The number of hydrogen-bond acceptors (Lipinski definition) is 3. The Morgan fingerprint density at radius 2 is 1.95 bits per heavy atom. The summed E-state index contributed by atoms with van der Waals surface area (Å²) in [5, 5.41) is 4.84.